The minimum absolute atomic E-state index is 0.262. The highest BCUT2D eigenvalue weighted by molar-refractivity contribution is 4.92. The van der Waals surface area contributed by atoms with E-state index in [0.29, 0.717) is 13.1 Å². The van der Waals surface area contributed by atoms with Crippen LogP contribution in [0.4, 0.5) is 0 Å². The van der Waals surface area contributed by atoms with Crippen LogP contribution in [0.5, 0.6) is 0 Å². The monoisotopic (exact) mass is 200 g/mol. The second-order valence-electron chi connectivity index (χ2n) is 4.58. The molecule has 82 valence electrons. The molecular formula is C10H20N2O2. The molecule has 0 aliphatic carbocycles. The molecular weight excluding hydrogens is 180 g/mol. The van der Waals surface area contributed by atoms with E-state index >= 15 is 0 Å². The van der Waals surface area contributed by atoms with E-state index in [1.807, 2.05) is 13.8 Å². The first kappa shape index (κ1) is 13.4. The van der Waals surface area contributed by atoms with Crippen molar-refractivity contribution in [2.75, 3.05) is 19.7 Å². The van der Waals surface area contributed by atoms with Crippen LogP contribution in [0.25, 0.3) is 0 Å². The number of aliphatic hydroxyl groups excluding tert-OH is 1. The molecule has 0 aliphatic heterocycles. The second-order valence-corrected chi connectivity index (χ2v) is 4.58. The molecule has 0 aromatic rings. The summed E-state index contributed by atoms with van der Waals surface area (Å²) in [5, 5.41) is 29.9. The van der Waals surface area contributed by atoms with Crippen molar-refractivity contribution >= 4 is 0 Å². The Balaban J connectivity index is 3.63. The van der Waals surface area contributed by atoms with E-state index in [9.17, 15) is 5.11 Å². The fourth-order valence-electron chi connectivity index (χ4n) is 0.870. The van der Waals surface area contributed by atoms with Gasteiger partial charge in [-0.2, -0.15) is 5.26 Å². The lowest BCUT2D eigenvalue weighted by Gasteiger charge is -2.22. The molecule has 0 aromatic carbocycles. The normalized spacial score (nSPS) is 16.0. The quantitative estimate of drug-likeness (QED) is 0.537. The summed E-state index contributed by atoms with van der Waals surface area (Å²) < 4.78 is 0. The summed E-state index contributed by atoms with van der Waals surface area (Å²) in [6, 6.07) is 2.20. The Morgan fingerprint density at radius 1 is 1.36 bits per heavy atom. The Bertz CT molecular complexity index is 207. The molecule has 4 nitrogen and oxygen atoms in total. The Labute approximate surface area is 85.6 Å². The number of nitrogens with zero attached hydrogens (tertiary/aromatic N) is 1. The SMILES string of the molecule is CC(C)(C#N)CCNCC(C)(O)CO. The second kappa shape index (κ2) is 5.30. The van der Waals surface area contributed by atoms with Crippen LogP contribution in [0.1, 0.15) is 27.2 Å². The number of hydrogen-bond acceptors (Lipinski definition) is 4. The molecule has 14 heavy (non-hydrogen) atoms. The van der Waals surface area contributed by atoms with Gasteiger partial charge in [0.05, 0.1) is 23.7 Å². The fourth-order valence-corrected chi connectivity index (χ4v) is 0.870. The highest BCUT2D eigenvalue weighted by Gasteiger charge is 2.19. The third-order valence-corrected chi connectivity index (χ3v) is 2.08. The summed E-state index contributed by atoms with van der Waals surface area (Å²) >= 11 is 0. The summed E-state index contributed by atoms with van der Waals surface area (Å²) in [5.74, 6) is 0. The van der Waals surface area contributed by atoms with Crippen molar-refractivity contribution in [3.63, 3.8) is 0 Å². The van der Waals surface area contributed by atoms with Crippen molar-refractivity contribution in [3.05, 3.63) is 0 Å². The molecule has 0 rings (SSSR count). The van der Waals surface area contributed by atoms with Crippen LogP contribution < -0.4 is 5.32 Å². The zero-order chi connectivity index (χ0) is 11.2. The largest absolute Gasteiger partial charge is 0.393 e. The van der Waals surface area contributed by atoms with Crippen molar-refractivity contribution in [2.45, 2.75) is 32.8 Å². The summed E-state index contributed by atoms with van der Waals surface area (Å²) in [5.41, 5.74) is -1.41. The van der Waals surface area contributed by atoms with Crippen LogP contribution in [0, 0.1) is 16.7 Å². The van der Waals surface area contributed by atoms with E-state index in [2.05, 4.69) is 11.4 Å². The van der Waals surface area contributed by atoms with Crippen LogP contribution >= 0.6 is 0 Å². The van der Waals surface area contributed by atoms with E-state index in [4.69, 9.17) is 10.4 Å². The predicted octanol–water partition coefficient (Wildman–Crippen LogP) is 0.259. The van der Waals surface area contributed by atoms with Crippen LogP contribution in [0.3, 0.4) is 0 Å². The van der Waals surface area contributed by atoms with Crippen LogP contribution in [0.2, 0.25) is 0 Å². The molecule has 3 N–H and O–H groups in total. The van der Waals surface area contributed by atoms with E-state index in [1.54, 1.807) is 6.92 Å². The van der Waals surface area contributed by atoms with Gasteiger partial charge in [-0.25, -0.2) is 0 Å². The summed E-state index contributed by atoms with van der Waals surface area (Å²) in [6.07, 6.45) is 0.727. The summed E-state index contributed by atoms with van der Waals surface area (Å²) in [6.45, 7) is 6.05. The third-order valence-electron chi connectivity index (χ3n) is 2.08. The van der Waals surface area contributed by atoms with Gasteiger partial charge in [-0.05, 0) is 33.7 Å². The lowest BCUT2D eigenvalue weighted by Crippen LogP contribution is -2.41. The van der Waals surface area contributed by atoms with E-state index in [-0.39, 0.29) is 12.0 Å². The van der Waals surface area contributed by atoms with Crippen LogP contribution in [0.15, 0.2) is 0 Å². The molecule has 4 heteroatoms. The average Bonchev–Trinajstić information content (AvgIpc) is 2.13. The van der Waals surface area contributed by atoms with Gasteiger partial charge in [0.25, 0.3) is 0 Å². The molecule has 0 radical (unpaired) electrons. The fraction of sp³-hybridized carbons (Fsp3) is 0.900. The minimum Gasteiger partial charge on any atom is -0.393 e. The van der Waals surface area contributed by atoms with E-state index in [1.165, 1.54) is 0 Å². The summed E-state index contributed by atoms with van der Waals surface area (Å²) in [7, 11) is 0. The maximum atomic E-state index is 9.43. The average molecular weight is 200 g/mol. The first-order valence-electron chi connectivity index (χ1n) is 4.78. The molecule has 0 aliphatic rings. The standard InChI is InChI=1S/C10H20N2O2/c1-9(2,6-11)4-5-12-7-10(3,14)8-13/h12-14H,4-5,7-8H2,1-3H3. The van der Waals surface area contributed by atoms with Gasteiger partial charge in [0.15, 0.2) is 0 Å². The lowest BCUT2D eigenvalue weighted by atomic mass is 9.91. The van der Waals surface area contributed by atoms with E-state index < -0.39 is 5.60 Å². The van der Waals surface area contributed by atoms with Crippen molar-refractivity contribution in [1.29, 1.82) is 5.26 Å². The molecule has 0 saturated heterocycles. The Hall–Kier alpha value is -0.630. The van der Waals surface area contributed by atoms with E-state index in [0.717, 1.165) is 6.42 Å². The Kier molecular flexibility index (Phi) is 5.06. The van der Waals surface area contributed by atoms with Crippen molar-refractivity contribution in [2.24, 2.45) is 5.41 Å². The van der Waals surface area contributed by atoms with Gasteiger partial charge in [-0.1, -0.05) is 0 Å². The molecule has 0 aromatic heterocycles. The predicted molar refractivity (Wildman–Crippen MR) is 54.6 cm³/mol. The maximum Gasteiger partial charge on any atom is 0.0972 e. The summed E-state index contributed by atoms with van der Waals surface area (Å²) in [4.78, 5) is 0. The van der Waals surface area contributed by atoms with Gasteiger partial charge in [-0.3, -0.25) is 0 Å². The number of nitriles is 1. The van der Waals surface area contributed by atoms with Crippen LogP contribution in [-0.2, 0) is 0 Å². The Morgan fingerprint density at radius 3 is 2.36 bits per heavy atom. The number of hydrogen-bond donors (Lipinski definition) is 3. The smallest absolute Gasteiger partial charge is 0.0972 e. The molecule has 0 bridgehead atoms. The van der Waals surface area contributed by atoms with Gasteiger partial charge in [-0.15, -0.1) is 0 Å². The molecule has 0 amide bonds. The number of nitrogens with one attached hydrogen (secondary N) is 1. The van der Waals surface area contributed by atoms with Crippen LogP contribution in [-0.4, -0.2) is 35.5 Å². The highest BCUT2D eigenvalue weighted by Crippen LogP contribution is 2.17. The lowest BCUT2D eigenvalue weighted by molar-refractivity contribution is 0.00261. The van der Waals surface area contributed by atoms with Gasteiger partial charge in [0.2, 0.25) is 0 Å². The Morgan fingerprint density at radius 2 is 1.93 bits per heavy atom. The highest BCUT2D eigenvalue weighted by atomic mass is 16.3. The zero-order valence-electron chi connectivity index (χ0n) is 9.17. The molecule has 1 atom stereocenters. The van der Waals surface area contributed by atoms with Crippen molar-refractivity contribution in [1.82, 2.24) is 5.32 Å². The minimum atomic E-state index is -1.07. The number of rotatable bonds is 6. The maximum absolute atomic E-state index is 9.43. The van der Waals surface area contributed by atoms with Crippen molar-refractivity contribution < 1.29 is 10.2 Å². The first-order chi connectivity index (χ1) is 6.33. The number of aliphatic hydroxyl groups is 2. The molecule has 0 fully saturated rings. The molecule has 1 unspecified atom stereocenters. The molecule has 0 spiro atoms. The van der Waals surface area contributed by atoms with Gasteiger partial charge in [0, 0.05) is 6.54 Å². The zero-order valence-corrected chi connectivity index (χ0v) is 9.17. The molecule has 0 saturated carbocycles. The van der Waals surface area contributed by atoms with Gasteiger partial charge >= 0.3 is 0 Å². The third kappa shape index (κ3) is 5.92. The van der Waals surface area contributed by atoms with Gasteiger partial charge in [0.1, 0.15) is 0 Å². The topological polar surface area (TPSA) is 76.3 Å². The first-order valence-corrected chi connectivity index (χ1v) is 4.78. The molecule has 0 heterocycles. The van der Waals surface area contributed by atoms with Gasteiger partial charge < -0.3 is 15.5 Å². The van der Waals surface area contributed by atoms with Crippen molar-refractivity contribution in [3.8, 4) is 6.07 Å².